The van der Waals surface area contributed by atoms with Gasteiger partial charge in [0.05, 0.1) is 142 Å². The molecular formula is C103H128Cl2N28O8. The smallest absolute Gasteiger partial charge is 0.247 e. The number of nitrogens with one attached hydrogen (secondary N) is 9. The number of anilines is 16. The Kier molecular flexibility index (Phi) is 35.7. The number of rotatable bonds is 32. The molecule has 9 N–H and O–H groups in total. The van der Waals surface area contributed by atoms with Crippen LogP contribution in [-0.2, 0) is 40.3 Å². The lowest BCUT2D eigenvalue weighted by Crippen LogP contribution is -2.42. The monoisotopic (exact) mass is 1950 g/mol. The van der Waals surface area contributed by atoms with Gasteiger partial charge in [0.15, 0.2) is 0 Å². The molecule has 38 heteroatoms. The van der Waals surface area contributed by atoms with Crippen molar-refractivity contribution in [1.82, 2.24) is 78.2 Å². The Hall–Kier alpha value is -14.8. The Labute approximate surface area is 834 Å². The number of hydrogen-bond acceptors (Lipinski definition) is 28. The molecule has 0 spiro atoms. The summed E-state index contributed by atoms with van der Waals surface area (Å²) in [5.74, 6) is 2.95. The Morgan fingerprint density at radius 1 is 0.369 bits per heavy atom. The lowest BCUT2D eigenvalue weighted by atomic mass is 10.0. The molecule has 16 rings (SSSR count). The highest BCUT2D eigenvalue weighted by molar-refractivity contribution is 6.33. The highest BCUT2D eigenvalue weighted by Gasteiger charge is 2.31. The van der Waals surface area contributed by atoms with Gasteiger partial charge in [-0.1, -0.05) is 49.5 Å². The predicted molar refractivity (Wildman–Crippen MR) is 567 cm³/mol. The fraction of sp³-hybridized carbons (Fsp3) is 0.340. The minimum absolute atomic E-state index is 0.270. The third-order valence-corrected chi connectivity index (χ3v) is 25.8. The van der Waals surface area contributed by atoms with Crippen LogP contribution in [0.25, 0.3) is 45.0 Å². The van der Waals surface area contributed by atoms with Crippen LogP contribution in [0.4, 0.5) is 92.0 Å². The number of piperidine rings is 4. The summed E-state index contributed by atoms with van der Waals surface area (Å²) in [4.78, 5) is 106. The second kappa shape index (κ2) is 48.7. The van der Waals surface area contributed by atoms with Crippen molar-refractivity contribution in [2.24, 2.45) is 21.1 Å². The van der Waals surface area contributed by atoms with Crippen LogP contribution in [0, 0.1) is 0 Å². The van der Waals surface area contributed by atoms with Crippen LogP contribution in [0.5, 0.6) is 23.0 Å². The van der Waals surface area contributed by atoms with Crippen LogP contribution in [0.1, 0.15) is 51.4 Å². The summed E-state index contributed by atoms with van der Waals surface area (Å²) >= 11 is 12.7. The molecule has 141 heavy (non-hydrogen) atoms. The first-order valence-corrected chi connectivity index (χ1v) is 47.3. The van der Waals surface area contributed by atoms with Gasteiger partial charge in [-0.05, 0) is 193 Å². The van der Waals surface area contributed by atoms with Gasteiger partial charge in [-0.15, -0.1) is 0 Å². The van der Waals surface area contributed by atoms with Crippen LogP contribution in [-0.4, -0.2) is 263 Å². The molecule has 4 aromatic carbocycles. The van der Waals surface area contributed by atoms with Gasteiger partial charge in [0.1, 0.15) is 23.0 Å². The zero-order chi connectivity index (χ0) is 101. The number of benzene rings is 4. The number of carbonyl (C=O) groups is 4. The first kappa shape index (κ1) is 104. The second-order valence-electron chi connectivity index (χ2n) is 35.4. The molecule has 0 radical (unpaired) electrons. The number of amides is 4. The zero-order valence-electron chi connectivity index (χ0n) is 82.8. The van der Waals surface area contributed by atoms with E-state index in [1.807, 2.05) is 163 Å². The van der Waals surface area contributed by atoms with Gasteiger partial charge >= 0.3 is 0 Å². The number of aryl methyl sites for hydroxylation is 3. The first-order chi connectivity index (χ1) is 67.9. The second-order valence-corrected chi connectivity index (χ2v) is 36.2. The van der Waals surface area contributed by atoms with Crippen molar-refractivity contribution in [3.05, 3.63) is 220 Å². The van der Waals surface area contributed by atoms with E-state index in [-0.39, 0.29) is 23.6 Å². The van der Waals surface area contributed by atoms with Crippen LogP contribution in [0.3, 0.4) is 0 Å². The van der Waals surface area contributed by atoms with E-state index in [1.165, 1.54) is 24.3 Å². The van der Waals surface area contributed by atoms with Gasteiger partial charge in [-0.25, -0.2) is 39.9 Å². The molecule has 4 aliphatic heterocycles. The molecule has 0 bridgehead atoms. The average Bonchev–Trinajstić information content (AvgIpc) is 1.58. The van der Waals surface area contributed by atoms with E-state index in [0.29, 0.717) is 138 Å². The van der Waals surface area contributed by atoms with Crippen LogP contribution in [0.2, 0.25) is 10.0 Å². The maximum Gasteiger partial charge on any atom is 0.247 e. The summed E-state index contributed by atoms with van der Waals surface area (Å²) in [6.07, 6.45) is 35.4. The topological polar surface area (TPSA) is 361 Å². The van der Waals surface area contributed by atoms with Crippen molar-refractivity contribution in [2.45, 2.75) is 75.5 Å². The number of nitrogens with zero attached hydrogens (tertiary/aromatic N) is 19. The summed E-state index contributed by atoms with van der Waals surface area (Å²) in [6.45, 7) is 21.4. The van der Waals surface area contributed by atoms with E-state index in [1.54, 1.807) is 59.4 Å². The molecule has 4 amide bonds. The van der Waals surface area contributed by atoms with Crippen LogP contribution in [0.15, 0.2) is 210 Å². The van der Waals surface area contributed by atoms with Crippen molar-refractivity contribution >= 4 is 139 Å². The molecule has 0 saturated carbocycles. The van der Waals surface area contributed by atoms with Crippen LogP contribution >= 0.6 is 23.2 Å². The van der Waals surface area contributed by atoms with Crippen molar-refractivity contribution in [3.8, 4) is 68.0 Å². The van der Waals surface area contributed by atoms with Gasteiger partial charge in [-0.2, -0.15) is 0 Å². The number of ether oxygens (including phenoxy) is 4. The molecule has 742 valence electrons. The molecular weight excluding hydrogens is 1830 g/mol. The molecule has 36 nitrogen and oxygen atoms in total. The third-order valence-electron chi connectivity index (χ3n) is 25.2. The van der Waals surface area contributed by atoms with E-state index >= 15 is 0 Å². The standard InChI is InChI=1S/C26H32ClN7O2.2C26H33N7O2.C25H30ClN7O2/c1-6-24(35)29-20-13-21(23(36-5)14-22(20)34-11-8-18(9-12-34)32(2)3)30-26-28-15-19(27)25(31-26)17-7-10-33(4)16-17;2*1-6-25(34)28-21-15-22(30-26-27-11-7-20(29-26)18-8-12-32(4)17-18)24(35-5)16-23(21)33-13-9-19(10-14-33)31(2)3;1-5-23(34)29-19-12-20(30-25-28-15-18(26)24(31-25)16-6-9-27-14-16)22(35-4)13-21(19)33-10-7-17(8-11-33)32(2)3/h6-7,10,13-16,18H,1,8-9,11-12H2,2-5H3,(H,29,35)(H,28,30,31);2*6-8,11-12,15-17,19H,1,9-10,13-14H2,2-5H3,(H,28,34)(H,27,29,30);5-6,9,12-15,17,27H,1,7-8,10-11H2,2-4H3,(H,29,34)(H,28,30,31). The van der Waals surface area contributed by atoms with Gasteiger partial charge < -0.3 is 119 Å². The van der Waals surface area contributed by atoms with Gasteiger partial charge in [0.2, 0.25) is 47.4 Å². The number of methoxy groups -OCH3 is 4. The predicted octanol–water partition coefficient (Wildman–Crippen LogP) is 16.9. The molecule has 4 saturated heterocycles. The van der Waals surface area contributed by atoms with E-state index < -0.39 is 0 Å². The number of aromatic amines is 1. The van der Waals surface area contributed by atoms with E-state index in [0.717, 1.165) is 160 Å². The van der Waals surface area contributed by atoms with E-state index in [9.17, 15) is 19.2 Å². The molecule has 0 atom stereocenters. The summed E-state index contributed by atoms with van der Waals surface area (Å²) in [6, 6.07) is 28.9. The van der Waals surface area contributed by atoms with Crippen molar-refractivity contribution in [3.63, 3.8) is 0 Å². The molecule has 8 aromatic heterocycles. The number of aromatic nitrogens is 12. The molecule has 12 heterocycles. The summed E-state index contributed by atoms with van der Waals surface area (Å²) in [5, 5.41) is 25.7. The van der Waals surface area contributed by atoms with E-state index in [4.69, 9.17) is 42.1 Å². The third kappa shape index (κ3) is 27.0. The molecule has 12 aromatic rings. The fourth-order valence-electron chi connectivity index (χ4n) is 17.3. The average molecular weight is 1960 g/mol. The molecule has 0 aliphatic carbocycles. The van der Waals surface area contributed by atoms with Crippen LogP contribution < -0.4 is 81.1 Å². The summed E-state index contributed by atoms with van der Waals surface area (Å²) in [7, 11) is 29.3. The lowest BCUT2D eigenvalue weighted by Gasteiger charge is -2.37. The number of hydrogen-bond donors (Lipinski definition) is 9. The maximum atomic E-state index is 12.3. The van der Waals surface area contributed by atoms with Crippen molar-refractivity contribution in [2.75, 3.05) is 199 Å². The minimum atomic E-state index is -0.289. The Bertz CT molecular complexity index is 6150. The quantitative estimate of drug-likeness (QED) is 0.0177. The Morgan fingerprint density at radius 2 is 0.638 bits per heavy atom. The molecule has 4 aliphatic rings. The zero-order valence-corrected chi connectivity index (χ0v) is 84.3. The summed E-state index contributed by atoms with van der Waals surface area (Å²) in [5.41, 5.74) is 15.4. The largest absolute Gasteiger partial charge is 0.494 e. The summed E-state index contributed by atoms with van der Waals surface area (Å²) < 4.78 is 28.8. The van der Waals surface area contributed by atoms with E-state index in [2.05, 4.69) is 209 Å². The van der Waals surface area contributed by atoms with Gasteiger partial charge in [-0.3, -0.25) is 19.2 Å². The van der Waals surface area contributed by atoms with Crippen molar-refractivity contribution < 1.29 is 38.1 Å². The molecule has 4 fully saturated rings. The number of H-pyrrole nitrogens is 1. The lowest BCUT2D eigenvalue weighted by molar-refractivity contribution is -0.112. The Morgan fingerprint density at radius 3 is 0.879 bits per heavy atom. The Balaban J connectivity index is 0.000000158. The highest BCUT2D eigenvalue weighted by atomic mass is 35.5. The highest BCUT2D eigenvalue weighted by Crippen LogP contribution is 2.46. The fourth-order valence-corrected chi connectivity index (χ4v) is 17.7. The minimum Gasteiger partial charge on any atom is -0.494 e. The van der Waals surface area contributed by atoms with Gasteiger partial charge in [0, 0.05) is 206 Å². The van der Waals surface area contributed by atoms with Crippen molar-refractivity contribution in [1.29, 1.82) is 0 Å². The normalized spacial score (nSPS) is 14.1. The number of halogens is 2. The molecule has 0 unspecified atom stereocenters. The first-order valence-electron chi connectivity index (χ1n) is 46.5. The SMILES string of the molecule is C=CC(=O)Nc1cc(Nc2ncc(Cl)c(-c3cc[nH]c3)n2)c(OC)cc1N1CCC(N(C)C)CC1.C=CC(=O)Nc1cc(Nc2ncc(Cl)c(-c3ccn(C)c3)n2)c(OC)cc1N1CCC(N(C)C)CC1.C=CC(=O)Nc1cc(Nc2nccc(-c3ccn(C)c3)n2)c(OC)cc1N1CCC(N(C)C)CC1.C=CC(=O)Nc1cc(Nc2nccc(-c3ccn(C)c3)n2)c(OC)cc1N1CCC(N(C)C)CC1. The van der Waals surface area contributed by atoms with Gasteiger partial charge in [0.25, 0.3) is 0 Å². The number of carbonyl (C=O) groups excluding carboxylic acids is 4. The maximum absolute atomic E-state index is 12.3.